The van der Waals surface area contributed by atoms with E-state index in [1.165, 1.54) is 12.5 Å². The van der Waals surface area contributed by atoms with Crippen LogP contribution in [0.1, 0.15) is 40.3 Å². The number of nitrogens with zero attached hydrogens (tertiary/aromatic N) is 1. The normalized spacial score (nSPS) is 15.5. The van der Waals surface area contributed by atoms with Crippen molar-refractivity contribution in [1.29, 1.82) is 0 Å². The van der Waals surface area contributed by atoms with Gasteiger partial charge in [-0.15, -0.1) is 0 Å². The highest BCUT2D eigenvalue weighted by Crippen LogP contribution is 2.34. The minimum Gasteiger partial charge on any atom is -0.456 e. The second-order valence-corrected chi connectivity index (χ2v) is 8.37. The summed E-state index contributed by atoms with van der Waals surface area (Å²) in [6.45, 7) is 4.02. The molecule has 1 fully saturated rings. The van der Waals surface area contributed by atoms with Crippen molar-refractivity contribution in [3.63, 3.8) is 0 Å². The molecule has 1 aromatic heterocycles. The highest BCUT2D eigenvalue weighted by molar-refractivity contribution is 6.30. The third-order valence-corrected chi connectivity index (χ3v) is 5.63. The van der Waals surface area contributed by atoms with Gasteiger partial charge >= 0.3 is 6.18 Å². The van der Waals surface area contributed by atoms with Gasteiger partial charge in [0.1, 0.15) is 5.76 Å². The Bertz CT molecular complexity index is 936. The molecule has 0 unspecified atom stereocenters. The molecule has 1 aliphatic heterocycles. The molecule has 3 rings (SSSR count). The smallest absolute Gasteiger partial charge is 0.450 e. The minimum atomic E-state index is -4.79. The summed E-state index contributed by atoms with van der Waals surface area (Å²) in [4.78, 5) is 26.5. The fraction of sp³-hybridized carbons (Fsp3) is 0.455. The number of carbonyl (C=O) groups excluding carboxylic acids is 2. The summed E-state index contributed by atoms with van der Waals surface area (Å²) < 4.78 is 43.4. The lowest BCUT2D eigenvalue weighted by molar-refractivity contribution is -0.153. The Morgan fingerprint density at radius 1 is 1.16 bits per heavy atom. The predicted octanol–water partition coefficient (Wildman–Crippen LogP) is 4.02. The van der Waals surface area contributed by atoms with Gasteiger partial charge in [-0.05, 0) is 62.5 Å². The monoisotopic (exact) mass is 471 g/mol. The topological polar surface area (TPSA) is 74.6 Å². The van der Waals surface area contributed by atoms with E-state index in [2.05, 4.69) is 20.0 Å². The molecule has 1 aromatic carbocycles. The number of hydrogen-bond donors (Lipinski definition) is 2. The van der Waals surface area contributed by atoms with E-state index >= 15 is 0 Å². The van der Waals surface area contributed by atoms with Crippen LogP contribution in [-0.2, 0) is 17.5 Å². The fourth-order valence-electron chi connectivity index (χ4n) is 3.67. The maximum Gasteiger partial charge on any atom is 0.450 e. The number of rotatable bonds is 7. The second-order valence-electron chi connectivity index (χ2n) is 7.93. The number of hydrogen-bond acceptors (Lipinski definition) is 4. The summed E-state index contributed by atoms with van der Waals surface area (Å²) in [5.41, 5.74) is 0.564. The van der Waals surface area contributed by atoms with E-state index in [9.17, 15) is 22.8 Å². The quantitative estimate of drug-likeness (QED) is 0.639. The zero-order valence-corrected chi connectivity index (χ0v) is 18.4. The molecule has 0 bridgehead atoms. The lowest BCUT2D eigenvalue weighted by atomic mass is 9.96. The third-order valence-electron chi connectivity index (χ3n) is 5.38. The number of carbonyl (C=O) groups is 2. The van der Waals surface area contributed by atoms with Crippen LogP contribution >= 0.6 is 11.6 Å². The Morgan fingerprint density at radius 2 is 1.81 bits per heavy atom. The standard InChI is InChI=1S/C22H25ClF3N3O3/c1-14-10-18(20(32-14)22(24,25)26)21(31)28-12-19(30)27-11-15-6-8-29(9-7-15)13-16-2-4-17(23)5-3-16/h2-5,10,15H,6-9,11-13H2,1H3,(H,27,30)(H,28,31). The molecule has 2 amide bonds. The van der Waals surface area contributed by atoms with Crippen LogP contribution in [0.2, 0.25) is 5.02 Å². The van der Waals surface area contributed by atoms with Gasteiger partial charge in [-0.3, -0.25) is 14.5 Å². The first-order chi connectivity index (χ1) is 15.1. The maximum atomic E-state index is 13.0. The lowest BCUT2D eigenvalue weighted by Gasteiger charge is -2.32. The van der Waals surface area contributed by atoms with Gasteiger partial charge in [-0.25, -0.2) is 0 Å². The van der Waals surface area contributed by atoms with Crippen molar-refractivity contribution in [2.75, 3.05) is 26.2 Å². The molecule has 32 heavy (non-hydrogen) atoms. The Labute approximate surface area is 189 Å². The van der Waals surface area contributed by atoms with Crippen LogP contribution in [-0.4, -0.2) is 42.9 Å². The van der Waals surface area contributed by atoms with E-state index in [0.717, 1.165) is 38.5 Å². The zero-order valence-electron chi connectivity index (χ0n) is 17.6. The van der Waals surface area contributed by atoms with Crippen LogP contribution < -0.4 is 10.6 Å². The number of furan rings is 1. The van der Waals surface area contributed by atoms with Crippen LogP contribution in [0.5, 0.6) is 0 Å². The number of piperidine rings is 1. The second kappa shape index (κ2) is 10.4. The molecule has 6 nitrogen and oxygen atoms in total. The summed E-state index contributed by atoms with van der Waals surface area (Å²) in [6, 6.07) is 8.76. The minimum absolute atomic E-state index is 0.0330. The van der Waals surface area contributed by atoms with Gasteiger partial charge in [0.15, 0.2) is 0 Å². The Morgan fingerprint density at radius 3 is 2.44 bits per heavy atom. The highest BCUT2D eigenvalue weighted by Gasteiger charge is 2.40. The summed E-state index contributed by atoms with van der Waals surface area (Å²) in [5, 5.41) is 5.68. The molecule has 174 valence electrons. The zero-order chi connectivity index (χ0) is 23.3. The molecule has 10 heteroatoms. The van der Waals surface area contributed by atoms with Crippen LogP contribution in [0, 0.1) is 12.8 Å². The van der Waals surface area contributed by atoms with Gasteiger partial charge in [-0.2, -0.15) is 13.2 Å². The van der Waals surface area contributed by atoms with Crippen molar-refractivity contribution in [3.05, 3.63) is 58.0 Å². The van der Waals surface area contributed by atoms with E-state index < -0.39 is 35.9 Å². The molecule has 1 saturated heterocycles. The number of amides is 2. The van der Waals surface area contributed by atoms with E-state index in [4.69, 9.17) is 11.6 Å². The van der Waals surface area contributed by atoms with Crippen molar-refractivity contribution in [2.45, 2.75) is 32.5 Å². The molecular weight excluding hydrogens is 447 g/mol. The molecule has 2 heterocycles. The van der Waals surface area contributed by atoms with E-state index in [-0.39, 0.29) is 5.76 Å². The van der Waals surface area contributed by atoms with E-state index in [1.54, 1.807) is 0 Å². The molecule has 0 spiro atoms. The first-order valence-corrected chi connectivity index (χ1v) is 10.7. The van der Waals surface area contributed by atoms with Gasteiger partial charge in [0, 0.05) is 18.1 Å². The van der Waals surface area contributed by atoms with Crippen molar-refractivity contribution in [3.8, 4) is 0 Å². The molecule has 0 atom stereocenters. The van der Waals surface area contributed by atoms with Gasteiger partial charge in [0.2, 0.25) is 11.7 Å². The summed E-state index contributed by atoms with van der Waals surface area (Å²) in [6.07, 6.45) is -2.95. The largest absolute Gasteiger partial charge is 0.456 e. The average molecular weight is 472 g/mol. The Hall–Kier alpha value is -2.52. The third kappa shape index (κ3) is 6.74. The summed E-state index contributed by atoms with van der Waals surface area (Å²) in [7, 11) is 0. The molecule has 2 N–H and O–H groups in total. The first kappa shape index (κ1) is 24.1. The predicted molar refractivity (Wildman–Crippen MR) is 113 cm³/mol. The Balaban J connectivity index is 1.38. The number of alkyl halides is 3. The molecule has 0 saturated carbocycles. The van der Waals surface area contributed by atoms with Crippen LogP contribution in [0.3, 0.4) is 0 Å². The van der Waals surface area contributed by atoms with Crippen molar-refractivity contribution in [2.24, 2.45) is 5.92 Å². The summed E-state index contributed by atoms with van der Waals surface area (Å²) in [5.74, 6) is -2.53. The van der Waals surface area contributed by atoms with Crippen LogP contribution in [0.4, 0.5) is 13.2 Å². The Kier molecular flexibility index (Phi) is 7.84. The van der Waals surface area contributed by atoms with Crippen molar-refractivity contribution >= 4 is 23.4 Å². The highest BCUT2D eigenvalue weighted by atomic mass is 35.5. The molecule has 2 aromatic rings. The van der Waals surface area contributed by atoms with E-state index in [0.29, 0.717) is 17.5 Å². The van der Waals surface area contributed by atoms with Gasteiger partial charge in [0.05, 0.1) is 12.1 Å². The SMILES string of the molecule is Cc1cc(C(=O)NCC(=O)NCC2CCN(Cc3ccc(Cl)cc3)CC2)c(C(F)(F)F)o1. The molecular formula is C22H25ClF3N3O3. The number of likely N-dealkylation sites (tertiary alicyclic amines) is 1. The van der Waals surface area contributed by atoms with Gasteiger partial charge in [-0.1, -0.05) is 23.7 Å². The van der Waals surface area contributed by atoms with Crippen LogP contribution in [0.25, 0.3) is 0 Å². The number of aryl methyl sites for hydroxylation is 1. The number of halogens is 4. The first-order valence-electron chi connectivity index (χ1n) is 10.3. The van der Waals surface area contributed by atoms with Crippen molar-refractivity contribution < 1.29 is 27.2 Å². The number of nitrogens with one attached hydrogen (secondary N) is 2. The van der Waals surface area contributed by atoms with Crippen LogP contribution in [0.15, 0.2) is 34.7 Å². The molecule has 1 aliphatic rings. The molecule has 0 aliphatic carbocycles. The maximum absolute atomic E-state index is 13.0. The van der Waals surface area contributed by atoms with Crippen molar-refractivity contribution in [1.82, 2.24) is 15.5 Å². The van der Waals surface area contributed by atoms with Gasteiger partial charge < -0.3 is 15.1 Å². The average Bonchev–Trinajstić information content (AvgIpc) is 3.15. The van der Waals surface area contributed by atoms with E-state index in [1.807, 2.05) is 24.3 Å². The molecule has 0 radical (unpaired) electrons. The van der Waals surface area contributed by atoms with Gasteiger partial charge in [0.25, 0.3) is 5.91 Å². The lowest BCUT2D eigenvalue weighted by Crippen LogP contribution is -2.41. The number of benzene rings is 1. The summed E-state index contributed by atoms with van der Waals surface area (Å²) >= 11 is 5.91. The fourth-order valence-corrected chi connectivity index (χ4v) is 3.79.